The fourth-order valence-corrected chi connectivity index (χ4v) is 6.14. The van der Waals surface area contributed by atoms with Crippen molar-refractivity contribution in [2.24, 2.45) is 0 Å². The Hall–Kier alpha value is -2.62. The van der Waals surface area contributed by atoms with Crippen molar-refractivity contribution in [3.63, 3.8) is 0 Å². The van der Waals surface area contributed by atoms with Gasteiger partial charge in [-0.2, -0.15) is 0 Å². The zero-order valence-electron chi connectivity index (χ0n) is 16.7. The Bertz CT molecular complexity index is 1070. The van der Waals surface area contributed by atoms with E-state index in [0.717, 1.165) is 17.1 Å². The summed E-state index contributed by atoms with van der Waals surface area (Å²) in [5.74, 6) is -2.30. The molecule has 2 aromatic rings. The van der Waals surface area contributed by atoms with Gasteiger partial charge in [0.1, 0.15) is 5.75 Å². The van der Waals surface area contributed by atoms with Gasteiger partial charge < -0.3 is 20.4 Å². The van der Waals surface area contributed by atoms with Gasteiger partial charge in [0.2, 0.25) is 12.1 Å². The molecule has 0 radical (unpaired) electrons. The van der Waals surface area contributed by atoms with E-state index in [1.165, 1.54) is 0 Å². The summed E-state index contributed by atoms with van der Waals surface area (Å²) in [5.41, 5.74) is 0.288. The fraction of sp³-hybridized carbons (Fsp3) is 0.381. The van der Waals surface area contributed by atoms with E-state index in [9.17, 15) is 24.7 Å². The highest BCUT2D eigenvalue weighted by Gasteiger charge is 2.74. The second-order valence-electron chi connectivity index (χ2n) is 7.94. The number of hydrogen-bond donors (Lipinski definition) is 2. The van der Waals surface area contributed by atoms with Crippen molar-refractivity contribution in [1.29, 1.82) is 0 Å². The van der Waals surface area contributed by atoms with E-state index >= 15 is 0 Å². The predicted octanol–water partition coefficient (Wildman–Crippen LogP) is 2.50. The standard InChI is InChI=1S/C21H22N2O6S/c1-4-29-13-10-9-11-7-5-6-8-12(11)14(13)17(24)22-15-18(25)23(28)16(20(26)27)21(2,3)30-19(15)23/h5-10,15-16,19H,4H2,1-3H3,(H,22,24)(H,26,27)/t15-,16+,19-,23?/m1/s1. The monoisotopic (exact) mass is 430 g/mol. The van der Waals surface area contributed by atoms with E-state index in [1.807, 2.05) is 18.2 Å². The molecule has 2 amide bonds. The third-order valence-electron chi connectivity index (χ3n) is 5.68. The number of nitrogens with zero attached hydrogens (tertiary/aromatic N) is 1. The number of carbonyl (C=O) groups is 3. The molecule has 0 saturated carbocycles. The first kappa shape index (κ1) is 20.6. The summed E-state index contributed by atoms with van der Waals surface area (Å²) in [6.45, 7) is 5.43. The van der Waals surface area contributed by atoms with Crippen molar-refractivity contribution in [3.05, 3.63) is 47.2 Å². The lowest BCUT2D eigenvalue weighted by atomic mass is 9.94. The predicted molar refractivity (Wildman–Crippen MR) is 112 cm³/mol. The number of fused-ring (bicyclic) bond motifs is 2. The van der Waals surface area contributed by atoms with Crippen LogP contribution in [0.1, 0.15) is 31.1 Å². The second kappa shape index (κ2) is 6.97. The second-order valence-corrected chi connectivity index (χ2v) is 9.72. The number of carbonyl (C=O) groups excluding carboxylic acids is 2. The molecule has 2 aliphatic rings. The molecule has 0 spiro atoms. The smallest absolute Gasteiger partial charge is 0.364 e. The number of hydroxylamine groups is 3. The molecule has 1 unspecified atom stereocenters. The number of benzene rings is 2. The molecule has 9 heteroatoms. The van der Waals surface area contributed by atoms with Crippen LogP contribution in [0.4, 0.5) is 0 Å². The van der Waals surface area contributed by atoms with Crippen molar-refractivity contribution < 1.29 is 28.9 Å². The normalized spacial score (nSPS) is 29.2. The lowest BCUT2D eigenvalue weighted by Crippen LogP contribution is -2.79. The summed E-state index contributed by atoms with van der Waals surface area (Å²) >= 11 is 1.13. The Balaban J connectivity index is 1.67. The topological polar surface area (TPSA) is 116 Å². The molecule has 4 atom stereocenters. The fourth-order valence-electron chi connectivity index (χ4n) is 4.43. The quantitative estimate of drug-likeness (QED) is 0.425. The molecule has 2 fully saturated rings. The molecule has 8 nitrogen and oxygen atoms in total. The lowest BCUT2D eigenvalue weighted by molar-refractivity contribution is -0.857. The van der Waals surface area contributed by atoms with Crippen molar-refractivity contribution in [2.75, 3.05) is 6.61 Å². The van der Waals surface area contributed by atoms with Gasteiger partial charge in [0.15, 0.2) is 5.37 Å². The number of amides is 2. The van der Waals surface area contributed by atoms with Gasteiger partial charge in [-0.3, -0.25) is 9.44 Å². The van der Waals surface area contributed by atoms with E-state index < -0.39 is 44.6 Å². The molecule has 0 bridgehead atoms. The van der Waals surface area contributed by atoms with Crippen LogP contribution >= 0.6 is 11.8 Å². The molecular weight excluding hydrogens is 408 g/mol. The maximum atomic E-state index is 13.2. The van der Waals surface area contributed by atoms with Crippen LogP contribution in [0, 0.1) is 5.21 Å². The Kier molecular flexibility index (Phi) is 4.80. The van der Waals surface area contributed by atoms with Crippen LogP contribution in [0.2, 0.25) is 0 Å². The maximum Gasteiger partial charge on any atom is 0.364 e. The van der Waals surface area contributed by atoms with Crippen molar-refractivity contribution in [3.8, 4) is 5.75 Å². The third-order valence-corrected chi connectivity index (χ3v) is 7.34. The molecule has 4 rings (SSSR count). The van der Waals surface area contributed by atoms with Crippen LogP contribution in [-0.4, -0.2) is 56.3 Å². The Morgan fingerprint density at radius 3 is 2.63 bits per heavy atom. The minimum Gasteiger partial charge on any atom is -0.624 e. The Morgan fingerprint density at radius 1 is 1.27 bits per heavy atom. The highest BCUT2D eigenvalue weighted by atomic mass is 32.2. The summed E-state index contributed by atoms with van der Waals surface area (Å²) in [6, 6.07) is 8.38. The summed E-state index contributed by atoms with van der Waals surface area (Å²) in [5, 5.41) is 26.0. The van der Waals surface area contributed by atoms with Gasteiger partial charge in [-0.05, 0) is 37.6 Å². The van der Waals surface area contributed by atoms with Crippen LogP contribution in [0.15, 0.2) is 36.4 Å². The van der Waals surface area contributed by atoms with E-state index in [2.05, 4.69) is 5.32 Å². The zero-order valence-corrected chi connectivity index (χ0v) is 17.6. The molecule has 2 aliphatic heterocycles. The number of carboxylic acids is 1. The Morgan fingerprint density at radius 2 is 1.97 bits per heavy atom. The van der Waals surface area contributed by atoms with E-state index in [1.54, 1.807) is 39.0 Å². The number of β-lactam (4-membered cyclic amide) rings is 1. The first-order valence-electron chi connectivity index (χ1n) is 9.62. The van der Waals surface area contributed by atoms with E-state index in [-0.39, 0.29) is 5.56 Å². The molecule has 2 aromatic carbocycles. The summed E-state index contributed by atoms with van der Waals surface area (Å²) < 4.78 is 3.23. The van der Waals surface area contributed by atoms with Crippen molar-refractivity contribution >= 4 is 40.3 Å². The number of thioether (sulfide) groups is 1. The van der Waals surface area contributed by atoms with Gasteiger partial charge >= 0.3 is 11.9 Å². The summed E-state index contributed by atoms with van der Waals surface area (Å²) in [6.07, 6.45) is 0. The summed E-state index contributed by atoms with van der Waals surface area (Å²) in [4.78, 5) is 37.6. The lowest BCUT2D eigenvalue weighted by Gasteiger charge is -2.54. The SMILES string of the molecule is CCOc1ccc2ccccc2c1C(=O)N[C@@H]1C(=O)[N+]2([O-])[C@@H]1SC(C)(C)[C@@H]2C(=O)O. The number of aliphatic carboxylic acids is 1. The van der Waals surface area contributed by atoms with Crippen LogP contribution in [0.25, 0.3) is 10.8 Å². The van der Waals surface area contributed by atoms with Gasteiger partial charge in [0, 0.05) is 0 Å². The molecule has 2 N–H and O–H groups in total. The van der Waals surface area contributed by atoms with Crippen LogP contribution in [-0.2, 0) is 9.59 Å². The molecular formula is C21H22N2O6S. The van der Waals surface area contributed by atoms with Gasteiger partial charge in [0.25, 0.3) is 5.91 Å². The number of ether oxygens (including phenoxy) is 1. The van der Waals surface area contributed by atoms with E-state index in [0.29, 0.717) is 17.7 Å². The van der Waals surface area contributed by atoms with Crippen molar-refractivity contribution in [2.45, 2.75) is 43.0 Å². The first-order chi connectivity index (χ1) is 14.1. The number of nitrogens with one attached hydrogen (secondary N) is 1. The van der Waals surface area contributed by atoms with E-state index in [4.69, 9.17) is 4.74 Å². The molecule has 2 heterocycles. The number of hydrogen-bond acceptors (Lipinski definition) is 6. The van der Waals surface area contributed by atoms with Gasteiger partial charge in [-0.1, -0.05) is 42.1 Å². The van der Waals surface area contributed by atoms with Crippen LogP contribution in [0.3, 0.4) is 0 Å². The highest BCUT2D eigenvalue weighted by molar-refractivity contribution is 8.01. The number of carboxylic acid groups (broad SMARTS) is 1. The average Bonchev–Trinajstić information content (AvgIpc) is 2.89. The Labute approximate surface area is 177 Å². The largest absolute Gasteiger partial charge is 0.624 e. The molecule has 2 saturated heterocycles. The minimum absolute atomic E-state index is 0.288. The van der Waals surface area contributed by atoms with Gasteiger partial charge in [0.05, 0.1) is 16.9 Å². The minimum atomic E-state index is -1.45. The maximum absolute atomic E-state index is 13.2. The molecule has 0 aromatic heterocycles. The molecule has 158 valence electrons. The van der Waals surface area contributed by atoms with Crippen molar-refractivity contribution in [1.82, 2.24) is 5.32 Å². The van der Waals surface area contributed by atoms with Crippen LogP contribution < -0.4 is 10.1 Å². The van der Waals surface area contributed by atoms with Gasteiger partial charge in [-0.25, -0.2) is 9.59 Å². The molecule has 30 heavy (non-hydrogen) atoms. The van der Waals surface area contributed by atoms with Gasteiger partial charge in [-0.15, -0.1) is 0 Å². The van der Waals surface area contributed by atoms with Crippen LogP contribution in [0.5, 0.6) is 5.75 Å². The third kappa shape index (κ3) is 2.80. The number of quaternary nitrogens is 1. The summed E-state index contributed by atoms with van der Waals surface area (Å²) in [7, 11) is 0. The zero-order chi connectivity index (χ0) is 21.8. The molecule has 0 aliphatic carbocycles. The average molecular weight is 430 g/mol. The highest BCUT2D eigenvalue weighted by Crippen LogP contribution is 2.56. The number of rotatable bonds is 5. The first-order valence-corrected chi connectivity index (χ1v) is 10.5.